The van der Waals surface area contributed by atoms with Crippen molar-refractivity contribution in [2.24, 2.45) is 0 Å². The predicted octanol–water partition coefficient (Wildman–Crippen LogP) is 3.80. The summed E-state index contributed by atoms with van der Waals surface area (Å²) in [4.78, 5) is 11.9. The molecule has 3 rings (SSSR count). The molecule has 0 saturated heterocycles. The summed E-state index contributed by atoms with van der Waals surface area (Å²) in [5.41, 5.74) is 2.99. The molecule has 0 saturated carbocycles. The molecule has 140 valence electrons. The van der Waals surface area contributed by atoms with Crippen molar-refractivity contribution in [3.63, 3.8) is 0 Å². The Bertz CT molecular complexity index is 1110. The predicted molar refractivity (Wildman–Crippen MR) is 101 cm³/mol. The first kappa shape index (κ1) is 18.7. The highest BCUT2D eigenvalue weighted by Gasteiger charge is 2.17. The molecule has 1 aromatic heterocycles. The lowest BCUT2D eigenvalue weighted by atomic mass is 10.0. The molecule has 7 nitrogen and oxygen atoms in total. The number of hydrogen-bond acceptors (Lipinski definition) is 6. The Balaban J connectivity index is 2.03. The van der Waals surface area contributed by atoms with E-state index in [9.17, 15) is 18.3 Å². The monoisotopic (exact) mass is 386 g/mol. The quantitative estimate of drug-likeness (QED) is 0.686. The van der Waals surface area contributed by atoms with Gasteiger partial charge in [-0.2, -0.15) is 0 Å². The normalized spacial score (nSPS) is 11.4. The maximum absolute atomic E-state index is 11.8. The van der Waals surface area contributed by atoms with Gasteiger partial charge in [0.2, 0.25) is 0 Å². The number of benzene rings is 2. The highest BCUT2D eigenvalue weighted by atomic mass is 32.2. The maximum atomic E-state index is 11.8. The van der Waals surface area contributed by atoms with Gasteiger partial charge in [0.25, 0.3) is 0 Å². The molecule has 0 fully saturated rings. The van der Waals surface area contributed by atoms with Crippen LogP contribution in [0, 0.1) is 13.8 Å². The van der Waals surface area contributed by atoms with Crippen molar-refractivity contribution in [3.8, 4) is 11.1 Å². The van der Waals surface area contributed by atoms with E-state index in [2.05, 4.69) is 10.5 Å². The fourth-order valence-corrected chi connectivity index (χ4v) is 3.51. The molecule has 0 spiro atoms. The summed E-state index contributed by atoms with van der Waals surface area (Å²) in [6.07, 6.45) is 1.12. The lowest BCUT2D eigenvalue weighted by molar-refractivity contribution is 0.0698. The molecular weight excluding hydrogens is 368 g/mol. The zero-order chi connectivity index (χ0) is 19.8. The minimum absolute atomic E-state index is 0.0530. The van der Waals surface area contributed by atoms with Gasteiger partial charge in [-0.05, 0) is 49.7 Å². The lowest BCUT2D eigenvalue weighted by Gasteiger charge is -2.12. The van der Waals surface area contributed by atoms with Crippen molar-refractivity contribution in [3.05, 3.63) is 59.5 Å². The van der Waals surface area contributed by atoms with Gasteiger partial charge >= 0.3 is 5.97 Å². The van der Waals surface area contributed by atoms with E-state index in [0.717, 1.165) is 11.8 Å². The van der Waals surface area contributed by atoms with Crippen molar-refractivity contribution < 1.29 is 22.8 Å². The van der Waals surface area contributed by atoms with Crippen LogP contribution in [0.15, 0.2) is 51.9 Å². The van der Waals surface area contributed by atoms with Crippen LogP contribution in [0.5, 0.6) is 0 Å². The van der Waals surface area contributed by atoms with E-state index >= 15 is 0 Å². The fourth-order valence-electron chi connectivity index (χ4n) is 2.84. The van der Waals surface area contributed by atoms with E-state index in [0.29, 0.717) is 28.4 Å². The summed E-state index contributed by atoms with van der Waals surface area (Å²) in [6, 6.07) is 11.2. The zero-order valence-electron chi connectivity index (χ0n) is 15.0. The summed E-state index contributed by atoms with van der Waals surface area (Å²) in [5.74, 6) is -0.504. The second-order valence-electron chi connectivity index (χ2n) is 6.19. The molecule has 0 aliphatic heterocycles. The molecule has 0 atom stereocenters. The molecule has 1 heterocycles. The third-order valence-corrected chi connectivity index (χ3v) is 5.22. The van der Waals surface area contributed by atoms with Gasteiger partial charge in [0.15, 0.2) is 9.84 Å². The SMILES string of the molecule is Cc1noc(C)c1-c1ccc(Nc2cccc(S(C)(=O)=O)c2)c(C(=O)O)c1. The van der Waals surface area contributed by atoms with Gasteiger partial charge in [-0.25, -0.2) is 13.2 Å². The minimum atomic E-state index is -3.36. The van der Waals surface area contributed by atoms with Crippen molar-refractivity contribution in [2.45, 2.75) is 18.7 Å². The average molecular weight is 386 g/mol. The average Bonchev–Trinajstić information content (AvgIpc) is 2.93. The summed E-state index contributed by atoms with van der Waals surface area (Å²) in [5, 5.41) is 16.5. The smallest absolute Gasteiger partial charge is 0.337 e. The molecule has 8 heteroatoms. The van der Waals surface area contributed by atoms with Crippen molar-refractivity contribution in [2.75, 3.05) is 11.6 Å². The molecule has 0 aliphatic rings. The number of rotatable bonds is 5. The van der Waals surface area contributed by atoms with Gasteiger partial charge in [0.1, 0.15) is 5.76 Å². The van der Waals surface area contributed by atoms with E-state index in [-0.39, 0.29) is 10.5 Å². The van der Waals surface area contributed by atoms with Crippen LogP contribution in [0.4, 0.5) is 11.4 Å². The van der Waals surface area contributed by atoms with Crippen molar-refractivity contribution in [1.29, 1.82) is 0 Å². The highest BCUT2D eigenvalue weighted by molar-refractivity contribution is 7.90. The van der Waals surface area contributed by atoms with Crippen LogP contribution in [0.2, 0.25) is 0 Å². The fraction of sp³-hybridized carbons (Fsp3) is 0.158. The van der Waals surface area contributed by atoms with Gasteiger partial charge in [0.05, 0.1) is 21.8 Å². The zero-order valence-corrected chi connectivity index (χ0v) is 15.8. The van der Waals surface area contributed by atoms with Crippen LogP contribution in [-0.4, -0.2) is 30.9 Å². The number of anilines is 2. The minimum Gasteiger partial charge on any atom is -0.478 e. The molecule has 0 amide bonds. The number of carboxylic acid groups (broad SMARTS) is 1. The first-order chi connectivity index (χ1) is 12.7. The number of aryl methyl sites for hydroxylation is 2. The van der Waals surface area contributed by atoms with E-state index in [1.807, 2.05) is 0 Å². The van der Waals surface area contributed by atoms with Gasteiger partial charge in [-0.15, -0.1) is 0 Å². The molecule has 27 heavy (non-hydrogen) atoms. The van der Waals surface area contributed by atoms with Gasteiger partial charge in [-0.1, -0.05) is 17.3 Å². The van der Waals surface area contributed by atoms with E-state index in [4.69, 9.17) is 4.52 Å². The van der Waals surface area contributed by atoms with Gasteiger partial charge in [0, 0.05) is 17.5 Å². The van der Waals surface area contributed by atoms with Gasteiger partial charge < -0.3 is 14.9 Å². The summed E-state index contributed by atoms with van der Waals surface area (Å²) in [6.45, 7) is 3.55. The third kappa shape index (κ3) is 3.85. The highest BCUT2D eigenvalue weighted by Crippen LogP contribution is 2.31. The number of carbonyl (C=O) groups is 1. The number of hydrogen-bond donors (Lipinski definition) is 2. The maximum Gasteiger partial charge on any atom is 0.337 e. The van der Waals surface area contributed by atoms with Crippen LogP contribution in [-0.2, 0) is 9.84 Å². The van der Waals surface area contributed by atoms with E-state index in [1.54, 1.807) is 38.1 Å². The standard InChI is InChI=1S/C19H18N2O5S/c1-11-18(12(2)26-21-11)13-7-8-17(16(9-13)19(22)23)20-14-5-4-6-15(10-14)27(3,24)25/h4-10,20H,1-3H3,(H,22,23). The number of nitrogens with zero attached hydrogens (tertiary/aromatic N) is 1. The Morgan fingerprint density at radius 2 is 1.89 bits per heavy atom. The molecule has 0 unspecified atom stereocenters. The summed E-state index contributed by atoms with van der Waals surface area (Å²) in [7, 11) is -3.36. The topological polar surface area (TPSA) is 110 Å². The van der Waals surface area contributed by atoms with E-state index in [1.165, 1.54) is 18.2 Å². The van der Waals surface area contributed by atoms with Crippen molar-refractivity contribution in [1.82, 2.24) is 5.16 Å². The number of sulfone groups is 1. The second-order valence-corrected chi connectivity index (χ2v) is 8.21. The number of aromatic carboxylic acids is 1. The Kier molecular flexibility index (Phi) is 4.75. The lowest BCUT2D eigenvalue weighted by Crippen LogP contribution is -2.04. The molecule has 0 radical (unpaired) electrons. The van der Waals surface area contributed by atoms with Crippen LogP contribution >= 0.6 is 0 Å². The van der Waals surface area contributed by atoms with E-state index < -0.39 is 15.8 Å². The van der Waals surface area contributed by atoms with Crippen LogP contribution in [0.3, 0.4) is 0 Å². The third-order valence-electron chi connectivity index (χ3n) is 4.11. The Labute approximate surface area is 156 Å². The Morgan fingerprint density at radius 3 is 2.48 bits per heavy atom. The van der Waals surface area contributed by atoms with Crippen molar-refractivity contribution >= 4 is 27.2 Å². The molecule has 2 aromatic carbocycles. The molecule has 0 bridgehead atoms. The summed E-state index contributed by atoms with van der Waals surface area (Å²) >= 11 is 0. The van der Waals surface area contributed by atoms with Crippen LogP contribution in [0.25, 0.3) is 11.1 Å². The Hall–Kier alpha value is -3.13. The molecular formula is C19H18N2O5S. The van der Waals surface area contributed by atoms with Crippen LogP contribution in [0.1, 0.15) is 21.8 Å². The first-order valence-electron chi connectivity index (χ1n) is 8.04. The first-order valence-corrected chi connectivity index (χ1v) is 9.93. The molecule has 2 N–H and O–H groups in total. The number of nitrogens with one attached hydrogen (secondary N) is 1. The largest absolute Gasteiger partial charge is 0.478 e. The second kappa shape index (κ2) is 6.88. The Morgan fingerprint density at radius 1 is 1.15 bits per heavy atom. The van der Waals surface area contributed by atoms with Crippen LogP contribution < -0.4 is 5.32 Å². The number of carboxylic acids is 1. The molecule has 3 aromatic rings. The number of aromatic nitrogens is 1. The van der Waals surface area contributed by atoms with Gasteiger partial charge in [-0.3, -0.25) is 0 Å². The molecule has 0 aliphatic carbocycles. The summed E-state index contributed by atoms with van der Waals surface area (Å²) < 4.78 is 28.6.